The maximum absolute atomic E-state index is 9.99. The molecule has 0 aromatic heterocycles. The molecule has 0 saturated carbocycles. The lowest BCUT2D eigenvalue weighted by atomic mass is 9.96. The summed E-state index contributed by atoms with van der Waals surface area (Å²) in [4.78, 5) is 8.66. The molecule has 0 unspecified atom stereocenters. The van der Waals surface area contributed by atoms with Gasteiger partial charge >= 0.3 is 0 Å². The van der Waals surface area contributed by atoms with Crippen molar-refractivity contribution in [3.05, 3.63) is 71.8 Å². The molecule has 0 spiro atoms. The van der Waals surface area contributed by atoms with Crippen molar-refractivity contribution in [3.63, 3.8) is 0 Å². The fourth-order valence-corrected chi connectivity index (χ4v) is 3.37. The van der Waals surface area contributed by atoms with Crippen molar-refractivity contribution in [2.45, 2.75) is 70.0 Å². The third kappa shape index (κ3) is 13.3. The topological polar surface area (TPSA) is 79.2 Å². The largest absolute Gasteiger partial charge is 0.433 e. The maximum atomic E-state index is 9.99. The van der Waals surface area contributed by atoms with Crippen LogP contribution in [0.25, 0.3) is 0 Å². The smallest absolute Gasteiger partial charge is 0.183 e. The Morgan fingerprint density at radius 3 is 1.66 bits per heavy atom. The molecule has 2 radical (unpaired) electrons. The van der Waals surface area contributed by atoms with Crippen molar-refractivity contribution in [1.82, 2.24) is 0 Å². The van der Waals surface area contributed by atoms with Crippen LogP contribution >= 0.6 is 0 Å². The molecule has 1 heterocycles. The lowest BCUT2D eigenvalue weighted by molar-refractivity contribution is 0.000677. The SMILES string of the molecule is C[Si](C)(C)O.OC(c1ccccc1)c1ccccc1.[B][C@H]1C[C@@H](O)[C@@H](CO[Si](C)(C)C)O1. The molecule has 32 heavy (non-hydrogen) atoms. The van der Waals surface area contributed by atoms with Gasteiger partial charge in [-0.3, -0.25) is 0 Å². The molecule has 3 N–H and O–H groups in total. The molecule has 2 aromatic rings. The highest BCUT2D eigenvalue weighted by atomic mass is 28.4. The van der Waals surface area contributed by atoms with Gasteiger partial charge in [0.15, 0.2) is 16.6 Å². The van der Waals surface area contributed by atoms with Crippen LogP contribution in [0.5, 0.6) is 0 Å². The standard InChI is InChI=1S/C13H12O.C8H17BO3Si.C3H10OSi/c14-13(11-7-3-1-4-8-11)12-9-5-2-6-10-12;1-13(2,3)11-5-7-6(10)4-8(9)12-7;1-5(2,3)4/h1-10,13-14H;6-8,10H,4-5H2,1-3H3;4H,1-3H3/t;6-,7-,8-;/m.1./s1. The summed E-state index contributed by atoms with van der Waals surface area (Å²) in [5.74, 6) is 0. The minimum absolute atomic E-state index is 0.235. The van der Waals surface area contributed by atoms with E-state index < -0.39 is 28.8 Å². The number of rotatable bonds is 5. The zero-order valence-corrected chi connectivity index (χ0v) is 22.2. The fraction of sp³-hybridized carbons (Fsp3) is 0.500. The summed E-state index contributed by atoms with van der Waals surface area (Å²) < 4.78 is 10.9. The second-order valence-electron chi connectivity index (χ2n) is 9.83. The van der Waals surface area contributed by atoms with Gasteiger partial charge in [0.1, 0.15) is 20.1 Å². The lowest BCUT2D eigenvalue weighted by Crippen LogP contribution is -2.34. The van der Waals surface area contributed by atoms with Crippen molar-refractivity contribution in [2.24, 2.45) is 0 Å². The van der Waals surface area contributed by atoms with Gasteiger partial charge in [0.2, 0.25) is 0 Å². The Kier molecular flexibility index (Phi) is 12.1. The van der Waals surface area contributed by atoms with Crippen molar-refractivity contribution < 1.29 is 24.2 Å². The molecule has 0 bridgehead atoms. The molecule has 1 saturated heterocycles. The van der Waals surface area contributed by atoms with Crippen LogP contribution in [0.2, 0.25) is 39.3 Å². The highest BCUT2D eigenvalue weighted by molar-refractivity contribution is 6.69. The van der Waals surface area contributed by atoms with Crippen molar-refractivity contribution >= 4 is 24.5 Å². The summed E-state index contributed by atoms with van der Waals surface area (Å²) >= 11 is 0. The van der Waals surface area contributed by atoms with Gasteiger partial charge in [0, 0.05) is 6.00 Å². The molecular weight excluding hydrogens is 435 g/mol. The van der Waals surface area contributed by atoms with Gasteiger partial charge in [-0.2, -0.15) is 0 Å². The Hall–Kier alpha value is -1.26. The number of benzene rings is 2. The van der Waals surface area contributed by atoms with Crippen LogP contribution in [0.15, 0.2) is 60.7 Å². The quantitative estimate of drug-likeness (QED) is 0.570. The molecule has 0 aliphatic carbocycles. The molecule has 8 heteroatoms. The van der Waals surface area contributed by atoms with E-state index in [1.165, 1.54) is 0 Å². The minimum atomic E-state index is -1.61. The zero-order chi connectivity index (χ0) is 24.4. The fourth-order valence-electron chi connectivity index (χ4n) is 2.71. The molecule has 176 valence electrons. The lowest BCUT2D eigenvalue weighted by Gasteiger charge is -2.21. The van der Waals surface area contributed by atoms with E-state index in [2.05, 4.69) is 19.6 Å². The van der Waals surface area contributed by atoms with Gasteiger partial charge in [0.05, 0.1) is 12.7 Å². The first kappa shape index (κ1) is 28.8. The molecular formula is C24H39BO5Si2. The van der Waals surface area contributed by atoms with Crippen LogP contribution in [0, 0.1) is 0 Å². The number of hydrogen-bond donors (Lipinski definition) is 3. The van der Waals surface area contributed by atoms with Crippen molar-refractivity contribution in [3.8, 4) is 0 Å². The van der Waals surface area contributed by atoms with E-state index >= 15 is 0 Å². The molecule has 2 aromatic carbocycles. The summed E-state index contributed by atoms with van der Waals surface area (Å²) in [5, 5.41) is 19.5. The Balaban J connectivity index is 0.000000267. The van der Waals surface area contributed by atoms with E-state index in [4.69, 9.17) is 21.8 Å². The van der Waals surface area contributed by atoms with E-state index in [9.17, 15) is 10.2 Å². The molecule has 0 amide bonds. The van der Waals surface area contributed by atoms with Crippen LogP contribution in [-0.2, 0) is 9.16 Å². The molecule has 3 rings (SSSR count). The van der Waals surface area contributed by atoms with Gasteiger partial charge in [-0.1, -0.05) is 60.7 Å². The Bertz CT molecular complexity index is 705. The molecule has 1 aliphatic rings. The Morgan fingerprint density at radius 1 is 0.938 bits per heavy atom. The Labute approximate surface area is 197 Å². The van der Waals surface area contributed by atoms with Crippen LogP contribution in [0.3, 0.4) is 0 Å². The molecule has 1 aliphatic heterocycles. The first-order valence-electron chi connectivity index (χ1n) is 11.0. The summed E-state index contributed by atoms with van der Waals surface area (Å²) in [6.45, 7) is 12.4. The average Bonchev–Trinajstić information content (AvgIpc) is 3.03. The predicted octanol–water partition coefficient (Wildman–Crippen LogP) is 4.06. The highest BCUT2D eigenvalue weighted by Gasteiger charge is 2.32. The highest BCUT2D eigenvalue weighted by Crippen LogP contribution is 2.21. The van der Waals surface area contributed by atoms with E-state index in [0.717, 1.165) is 11.1 Å². The second-order valence-corrected chi connectivity index (χ2v) is 18.7. The molecule has 5 nitrogen and oxygen atoms in total. The third-order valence-electron chi connectivity index (χ3n) is 4.16. The number of ether oxygens (including phenoxy) is 1. The van der Waals surface area contributed by atoms with Crippen LogP contribution in [0.4, 0.5) is 0 Å². The average molecular weight is 475 g/mol. The monoisotopic (exact) mass is 474 g/mol. The van der Waals surface area contributed by atoms with Gasteiger partial charge in [0.25, 0.3) is 0 Å². The summed E-state index contributed by atoms with van der Waals surface area (Å²) in [6.07, 6.45) is -0.704. The minimum Gasteiger partial charge on any atom is -0.433 e. The van der Waals surface area contributed by atoms with Gasteiger partial charge in [-0.05, 0) is 56.8 Å². The Morgan fingerprint density at radius 2 is 1.34 bits per heavy atom. The summed E-state index contributed by atoms with van der Waals surface area (Å²) in [5.41, 5.74) is 1.86. The van der Waals surface area contributed by atoms with E-state index in [1.807, 2.05) is 80.3 Å². The van der Waals surface area contributed by atoms with Gasteiger partial charge in [-0.25, -0.2) is 0 Å². The predicted molar refractivity (Wildman–Crippen MR) is 137 cm³/mol. The van der Waals surface area contributed by atoms with Crippen molar-refractivity contribution in [2.75, 3.05) is 6.61 Å². The summed E-state index contributed by atoms with van der Waals surface area (Å²) in [6, 6.07) is 19.0. The molecule has 1 fully saturated rings. The van der Waals surface area contributed by atoms with Gasteiger partial charge in [-0.15, -0.1) is 0 Å². The molecule has 3 atom stereocenters. The second kappa shape index (κ2) is 13.4. The first-order chi connectivity index (χ1) is 14.8. The van der Waals surface area contributed by atoms with Crippen molar-refractivity contribution in [1.29, 1.82) is 0 Å². The number of hydrogen-bond acceptors (Lipinski definition) is 5. The van der Waals surface area contributed by atoms with Crippen LogP contribution in [-0.4, -0.2) is 64.3 Å². The maximum Gasteiger partial charge on any atom is 0.183 e. The number of aliphatic hydroxyl groups is 2. The van der Waals surface area contributed by atoms with E-state index in [1.54, 1.807) is 0 Å². The van der Waals surface area contributed by atoms with Crippen LogP contribution < -0.4 is 0 Å². The van der Waals surface area contributed by atoms with E-state index in [0.29, 0.717) is 13.0 Å². The first-order valence-corrected chi connectivity index (χ1v) is 17.8. The number of aliphatic hydroxyl groups excluding tert-OH is 2. The zero-order valence-electron chi connectivity index (χ0n) is 20.2. The van der Waals surface area contributed by atoms with Crippen LogP contribution in [0.1, 0.15) is 23.7 Å². The van der Waals surface area contributed by atoms with E-state index in [-0.39, 0.29) is 12.1 Å². The summed E-state index contributed by atoms with van der Waals surface area (Å²) in [7, 11) is 2.41. The third-order valence-corrected chi connectivity index (χ3v) is 5.20. The van der Waals surface area contributed by atoms with Gasteiger partial charge < -0.3 is 24.2 Å². The normalized spacial score (nSPS) is 20.8.